The van der Waals surface area contributed by atoms with Crippen molar-refractivity contribution in [3.63, 3.8) is 0 Å². The van der Waals surface area contributed by atoms with E-state index in [-0.39, 0.29) is 22.6 Å². The first-order valence-electron chi connectivity index (χ1n) is 13.6. The van der Waals surface area contributed by atoms with Gasteiger partial charge in [-0.1, -0.05) is 133 Å². The van der Waals surface area contributed by atoms with Gasteiger partial charge in [0.25, 0.3) is 0 Å². The van der Waals surface area contributed by atoms with Crippen LogP contribution in [-0.2, 0) is 9.59 Å². The largest absolute Gasteiger partial charge is 0.418 e. The van der Waals surface area contributed by atoms with Crippen LogP contribution in [0, 0.1) is 22.7 Å². The number of hydrogen-bond donors (Lipinski definition) is 0. The van der Waals surface area contributed by atoms with E-state index in [0.717, 1.165) is 0 Å². The Morgan fingerprint density at radius 2 is 0.659 bits per heavy atom. The number of carbonyl (C=O) groups excluding carboxylic acids is 2. The molecule has 210 valence electrons. The summed E-state index contributed by atoms with van der Waals surface area (Å²) in [6.07, 6.45) is 0. The van der Waals surface area contributed by atoms with Crippen LogP contribution in [0.2, 0.25) is 0 Å². The van der Waals surface area contributed by atoms with E-state index < -0.39 is 11.9 Å². The predicted molar refractivity (Wildman–Crippen MR) is 167 cm³/mol. The van der Waals surface area contributed by atoms with Crippen LogP contribution in [-0.4, -0.2) is 11.9 Å². The topological polar surface area (TPSA) is 100 Å². The smallest absolute Gasteiger partial charge is 0.355 e. The zero-order valence-electron chi connectivity index (χ0n) is 23.4. The third kappa shape index (κ3) is 6.52. The molecule has 0 aromatic heterocycles. The average Bonchev–Trinajstić information content (AvgIpc) is 3.08. The van der Waals surface area contributed by atoms with Crippen LogP contribution in [0.25, 0.3) is 11.1 Å². The van der Waals surface area contributed by atoms with Crippen molar-refractivity contribution < 1.29 is 19.1 Å². The highest BCUT2D eigenvalue weighted by Gasteiger charge is 2.25. The van der Waals surface area contributed by atoms with Crippen LogP contribution in [0.15, 0.2) is 157 Å². The van der Waals surface area contributed by atoms with Gasteiger partial charge in [0.1, 0.15) is 23.3 Å². The minimum absolute atomic E-state index is 0.0858. The summed E-state index contributed by atoms with van der Waals surface area (Å²) in [6.45, 7) is 0. The molecule has 5 aromatic carbocycles. The molecule has 0 aliphatic rings. The normalized spacial score (nSPS) is 9.95. The van der Waals surface area contributed by atoms with E-state index in [1.165, 1.54) is 12.1 Å². The molecule has 0 heterocycles. The number of carbonyl (C=O) groups is 2. The molecule has 0 aliphatic carbocycles. The van der Waals surface area contributed by atoms with Crippen LogP contribution < -0.4 is 9.47 Å². The zero-order chi connectivity index (χ0) is 30.7. The summed E-state index contributed by atoms with van der Waals surface area (Å²) in [5, 5.41) is 20.3. The van der Waals surface area contributed by atoms with Gasteiger partial charge in [-0.25, -0.2) is 9.59 Å². The molecule has 44 heavy (non-hydrogen) atoms. The molecule has 0 saturated carbocycles. The number of nitrogens with zero attached hydrogens (tertiary/aromatic N) is 2. The summed E-state index contributed by atoms with van der Waals surface area (Å²) in [5.41, 5.74) is 2.98. The Morgan fingerprint density at radius 1 is 0.409 bits per heavy atom. The van der Waals surface area contributed by atoms with Crippen molar-refractivity contribution >= 4 is 23.1 Å². The first-order chi connectivity index (χ1) is 21.6. The second kappa shape index (κ2) is 13.9. The summed E-state index contributed by atoms with van der Waals surface area (Å²) in [4.78, 5) is 27.1. The molecular weight excluding hydrogens is 548 g/mol. The third-order valence-electron chi connectivity index (χ3n) is 6.64. The Kier molecular flexibility index (Phi) is 9.17. The van der Waals surface area contributed by atoms with E-state index in [1.807, 2.05) is 84.9 Å². The van der Waals surface area contributed by atoms with Gasteiger partial charge in [-0.05, 0) is 34.4 Å². The Balaban J connectivity index is 1.52. The highest BCUT2D eigenvalue weighted by atomic mass is 16.6. The summed E-state index contributed by atoms with van der Waals surface area (Å²) < 4.78 is 11.3. The van der Waals surface area contributed by atoms with Crippen molar-refractivity contribution in [1.29, 1.82) is 10.5 Å². The maximum Gasteiger partial charge on any atom is 0.355 e. The van der Waals surface area contributed by atoms with Gasteiger partial charge in [0, 0.05) is 11.1 Å². The van der Waals surface area contributed by atoms with Crippen molar-refractivity contribution in [2.24, 2.45) is 0 Å². The van der Waals surface area contributed by atoms with Crippen LogP contribution in [0.4, 0.5) is 0 Å². The number of benzene rings is 5. The van der Waals surface area contributed by atoms with Crippen LogP contribution in [0.5, 0.6) is 11.5 Å². The maximum atomic E-state index is 13.5. The fourth-order valence-corrected chi connectivity index (χ4v) is 4.66. The highest BCUT2D eigenvalue weighted by molar-refractivity contribution is 6.07. The SMILES string of the molecule is N#CC(C(=O)Oc1ccccc1OC(=O)C(C#N)=C(c1ccccc1)c1ccccc1)=C(c1ccccc1)c1ccccc1. The van der Waals surface area contributed by atoms with Gasteiger partial charge in [0.15, 0.2) is 11.5 Å². The number of hydrogen-bond acceptors (Lipinski definition) is 6. The molecule has 0 unspecified atom stereocenters. The lowest BCUT2D eigenvalue weighted by molar-refractivity contribution is -0.132. The molecule has 0 spiro atoms. The molecule has 0 atom stereocenters. The Labute approximate surface area is 255 Å². The van der Waals surface area contributed by atoms with Gasteiger partial charge >= 0.3 is 11.9 Å². The molecule has 0 fully saturated rings. The fourth-order valence-electron chi connectivity index (χ4n) is 4.66. The lowest BCUT2D eigenvalue weighted by Crippen LogP contribution is -2.16. The van der Waals surface area contributed by atoms with E-state index >= 15 is 0 Å². The van der Waals surface area contributed by atoms with E-state index in [1.54, 1.807) is 60.7 Å². The summed E-state index contributed by atoms with van der Waals surface area (Å²) in [7, 11) is 0. The lowest BCUT2D eigenvalue weighted by Gasteiger charge is -2.14. The quantitative estimate of drug-likeness (QED) is 0.0824. The summed E-state index contributed by atoms with van der Waals surface area (Å²) in [6, 6.07) is 46.4. The minimum atomic E-state index is -0.927. The third-order valence-corrected chi connectivity index (χ3v) is 6.64. The molecule has 6 heteroatoms. The molecule has 5 aromatic rings. The second-order valence-corrected chi connectivity index (χ2v) is 9.41. The van der Waals surface area contributed by atoms with Crippen molar-refractivity contribution in [1.82, 2.24) is 0 Å². The monoisotopic (exact) mass is 572 g/mol. The summed E-state index contributed by atoms with van der Waals surface area (Å²) >= 11 is 0. The predicted octanol–water partition coefficient (Wildman–Crippen LogP) is 7.55. The molecule has 5 rings (SSSR count). The molecule has 6 nitrogen and oxygen atoms in total. The van der Waals surface area contributed by atoms with Crippen molar-refractivity contribution in [2.75, 3.05) is 0 Å². The van der Waals surface area contributed by atoms with Gasteiger partial charge in [0.2, 0.25) is 0 Å². The molecule has 0 bridgehead atoms. The van der Waals surface area contributed by atoms with Crippen LogP contribution in [0.1, 0.15) is 22.3 Å². The van der Waals surface area contributed by atoms with E-state index in [9.17, 15) is 20.1 Å². The fraction of sp³-hybridized carbons (Fsp3) is 0. The number of esters is 2. The molecular formula is C38H24N2O4. The maximum absolute atomic E-state index is 13.5. The van der Waals surface area contributed by atoms with E-state index in [2.05, 4.69) is 0 Å². The Bertz CT molecular complexity index is 1710. The van der Waals surface area contributed by atoms with Crippen LogP contribution >= 0.6 is 0 Å². The Hall–Kier alpha value is -6.50. The second-order valence-electron chi connectivity index (χ2n) is 9.41. The van der Waals surface area contributed by atoms with E-state index in [4.69, 9.17) is 9.47 Å². The zero-order valence-corrected chi connectivity index (χ0v) is 23.4. The standard InChI is InChI=1S/C38H24N2O4/c39-25-31(35(27-15-5-1-6-16-27)28-17-7-2-8-18-28)37(41)43-33-23-13-14-24-34(33)44-38(42)32(26-40)36(29-19-9-3-10-20-29)30-21-11-4-12-22-30/h1-24H. The highest BCUT2D eigenvalue weighted by Crippen LogP contribution is 2.33. The molecule has 0 radical (unpaired) electrons. The van der Waals surface area contributed by atoms with Crippen LogP contribution in [0.3, 0.4) is 0 Å². The van der Waals surface area contributed by atoms with Gasteiger partial charge in [0.05, 0.1) is 0 Å². The average molecular weight is 573 g/mol. The minimum Gasteiger partial charge on any atom is -0.418 e. The van der Waals surface area contributed by atoms with Gasteiger partial charge in [-0.15, -0.1) is 0 Å². The molecule has 0 saturated heterocycles. The molecule has 0 aliphatic heterocycles. The number of para-hydroxylation sites is 2. The lowest BCUT2D eigenvalue weighted by atomic mass is 9.93. The first kappa shape index (κ1) is 29.0. The van der Waals surface area contributed by atoms with E-state index in [0.29, 0.717) is 33.4 Å². The number of ether oxygens (including phenoxy) is 2. The number of rotatable bonds is 8. The number of nitriles is 2. The van der Waals surface area contributed by atoms with Gasteiger partial charge in [-0.3, -0.25) is 0 Å². The van der Waals surface area contributed by atoms with Gasteiger partial charge in [-0.2, -0.15) is 10.5 Å². The summed E-state index contributed by atoms with van der Waals surface area (Å²) in [5.74, 6) is -2.03. The van der Waals surface area contributed by atoms with Crippen molar-refractivity contribution in [3.8, 4) is 23.6 Å². The Morgan fingerprint density at radius 3 is 0.909 bits per heavy atom. The molecule has 0 N–H and O–H groups in total. The van der Waals surface area contributed by atoms with Crippen molar-refractivity contribution in [3.05, 3.63) is 179 Å². The molecule has 0 amide bonds. The van der Waals surface area contributed by atoms with Gasteiger partial charge < -0.3 is 9.47 Å². The first-order valence-corrected chi connectivity index (χ1v) is 13.6. The van der Waals surface area contributed by atoms with Crippen molar-refractivity contribution in [2.45, 2.75) is 0 Å².